The number of carbonyl (C=O) groups excluding carboxylic acids is 2. The number of carbonyl (C=O) groups is 2. The van der Waals surface area contributed by atoms with Crippen molar-refractivity contribution in [2.75, 3.05) is 32.8 Å². The van der Waals surface area contributed by atoms with E-state index in [1.165, 1.54) is 0 Å². The highest BCUT2D eigenvalue weighted by Gasteiger charge is 2.29. The fraction of sp³-hybridized carbons (Fsp3) is 0.800. The molecule has 1 unspecified atom stereocenters. The predicted octanol–water partition coefficient (Wildman–Crippen LogP) is -0.629. The molecule has 0 aromatic carbocycles. The Kier molecular flexibility index (Phi) is 3.20. The molecule has 0 aromatic heterocycles. The summed E-state index contributed by atoms with van der Waals surface area (Å²) in [6.07, 6.45) is 1.63. The van der Waals surface area contributed by atoms with Gasteiger partial charge >= 0.3 is 0 Å². The van der Waals surface area contributed by atoms with Gasteiger partial charge in [-0.15, -0.1) is 0 Å². The second-order valence-corrected chi connectivity index (χ2v) is 4.02. The Balaban J connectivity index is 1.95. The monoisotopic (exact) mass is 212 g/mol. The van der Waals surface area contributed by atoms with Crippen LogP contribution in [0.4, 0.5) is 0 Å². The zero-order valence-corrected chi connectivity index (χ0v) is 8.70. The van der Waals surface area contributed by atoms with Gasteiger partial charge < -0.3 is 15.0 Å². The first-order valence-electron chi connectivity index (χ1n) is 5.40. The highest BCUT2D eigenvalue weighted by Crippen LogP contribution is 2.16. The normalized spacial score (nSPS) is 27.3. The van der Waals surface area contributed by atoms with Crippen molar-refractivity contribution in [2.45, 2.75) is 12.8 Å². The molecule has 0 spiro atoms. The third-order valence-electron chi connectivity index (χ3n) is 2.85. The molecule has 1 atom stereocenters. The Morgan fingerprint density at radius 3 is 3.13 bits per heavy atom. The number of hydrogen-bond acceptors (Lipinski definition) is 3. The Morgan fingerprint density at radius 2 is 2.40 bits per heavy atom. The molecule has 2 heterocycles. The Bertz CT molecular complexity index is 261. The maximum atomic E-state index is 12.0. The molecule has 5 nitrogen and oxygen atoms in total. The van der Waals surface area contributed by atoms with Gasteiger partial charge in [0.05, 0.1) is 19.1 Å². The quantitative estimate of drug-likeness (QED) is 0.629. The van der Waals surface area contributed by atoms with Crippen LogP contribution < -0.4 is 5.32 Å². The minimum atomic E-state index is -0.0558. The number of rotatable bonds is 1. The van der Waals surface area contributed by atoms with Gasteiger partial charge in [0.2, 0.25) is 11.8 Å². The lowest BCUT2D eigenvalue weighted by Gasteiger charge is -2.21. The molecule has 2 saturated heterocycles. The van der Waals surface area contributed by atoms with Crippen LogP contribution in [0.1, 0.15) is 12.8 Å². The van der Waals surface area contributed by atoms with Crippen molar-refractivity contribution in [2.24, 2.45) is 5.92 Å². The first-order chi connectivity index (χ1) is 7.27. The van der Waals surface area contributed by atoms with E-state index in [1.54, 1.807) is 4.90 Å². The van der Waals surface area contributed by atoms with E-state index in [-0.39, 0.29) is 24.3 Å². The molecular weight excluding hydrogens is 196 g/mol. The van der Waals surface area contributed by atoms with E-state index >= 15 is 0 Å². The second-order valence-electron chi connectivity index (χ2n) is 4.02. The molecule has 5 heteroatoms. The number of nitrogens with one attached hydrogen (secondary N) is 1. The first kappa shape index (κ1) is 10.4. The lowest BCUT2D eigenvalue weighted by Crippen LogP contribution is -2.40. The molecule has 0 radical (unpaired) electrons. The van der Waals surface area contributed by atoms with Crippen molar-refractivity contribution < 1.29 is 14.3 Å². The first-order valence-corrected chi connectivity index (χ1v) is 5.40. The zero-order chi connectivity index (χ0) is 10.7. The van der Waals surface area contributed by atoms with Crippen molar-refractivity contribution in [1.29, 1.82) is 0 Å². The molecule has 84 valence electrons. The topological polar surface area (TPSA) is 58.6 Å². The van der Waals surface area contributed by atoms with Crippen LogP contribution in [0.2, 0.25) is 0 Å². The van der Waals surface area contributed by atoms with Crippen molar-refractivity contribution in [3.8, 4) is 0 Å². The summed E-state index contributed by atoms with van der Waals surface area (Å²) in [5.41, 5.74) is 0. The summed E-state index contributed by atoms with van der Waals surface area (Å²) in [6.45, 7) is 2.72. The van der Waals surface area contributed by atoms with Crippen molar-refractivity contribution in [1.82, 2.24) is 10.2 Å². The van der Waals surface area contributed by atoms with E-state index in [9.17, 15) is 9.59 Å². The van der Waals surface area contributed by atoms with Gasteiger partial charge in [-0.3, -0.25) is 9.59 Å². The van der Waals surface area contributed by atoms with Crippen molar-refractivity contribution in [3.05, 3.63) is 0 Å². The van der Waals surface area contributed by atoms with Crippen LogP contribution >= 0.6 is 0 Å². The van der Waals surface area contributed by atoms with E-state index in [2.05, 4.69) is 5.32 Å². The van der Waals surface area contributed by atoms with E-state index in [0.717, 1.165) is 12.8 Å². The maximum Gasteiger partial charge on any atom is 0.239 e. The Hall–Kier alpha value is -1.10. The maximum absolute atomic E-state index is 12.0. The molecule has 0 aliphatic carbocycles. The summed E-state index contributed by atoms with van der Waals surface area (Å²) in [5.74, 6) is -0.0137. The lowest BCUT2D eigenvalue weighted by molar-refractivity contribution is -0.138. The molecule has 15 heavy (non-hydrogen) atoms. The fourth-order valence-electron chi connectivity index (χ4n) is 1.98. The highest BCUT2D eigenvalue weighted by atomic mass is 16.5. The van der Waals surface area contributed by atoms with E-state index in [1.807, 2.05) is 0 Å². The van der Waals surface area contributed by atoms with E-state index in [0.29, 0.717) is 26.3 Å². The minimum Gasteiger partial charge on any atom is -0.381 e. The SMILES string of the molecule is O=C1CN(C(=O)C2CCOC2)CCCN1. The Morgan fingerprint density at radius 1 is 1.53 bits per heavy atom. The average molecular weight is 212 g/mol. The molecule has 0 saturated carbocycles. The summed E-state index contributed by atoms with van der Waals surface area (Å²) in [5, 5.41) is 2.76. The second kappa shape index (κ2) is 4.61. The molecule has 2 rings (SSSR count). The molecule has 0 bridgehead atoms. The van der Waals surface area contributed by atoms with Gasteiger partial charge in [-0.2, -0.15) is 0 Å². The van der Waals surface area contributed by atoms with Crippen molar-refractivity contribution in [3.63, 3.8) is 0 Å². The summed E-state index contributed by atoms with van der Waals surface area (Å²) in [6, 6.07) is 0. The van der Waals surface area contributed by atoms with Crippen LogP contribution in [0.5, 0.6) is 0 Å². The summed E-state index contributed by atoms with van der Waals surface area (Å²) < 4.78 is 5.18. The number of hydrogen-bond donors (Lipinski definition) is 1. The van der Waals surface area contributed by atoms with Crippen LogP contribution in [-0.4, -0.2) is 49.6 Å². The van der Waals surface area contributed by atoms with Gasteiger partial charge in [0, 0.05) is 19.7 Å². The smallest absolute Gasteiger partial charge is 0.239 e. The summed E-state index contributed by atoms with van der Waals surface area (Å²) in [7, 11) is 0. The molecular formula is C10H16N2O3. The standard InChI is InChI=1S/C10H16N2O3/c13-9-6-12(4-1-3-11-9)10(14)8-2-5-15-7-8/h8H,1-7H2,(H,11,13). The predicted molar refractivity (Wildman–Crippen MR) is 53.1 cm³/mol. The molecule has 2 aliphatic rings. The van der Waals surface area contributed by atoms with Crippen LogP contribution in [0, 0.1) is 5.92 Å². The molecule has 2 aliphatic heterocycles. The highest BCUT2D eigenvalue weighted by molar-refractivity contribution is 5.86. The van der Waals surface area contributed by atoms with Gasteiger partial charge in [0.15, 0.2) is 0 Å². The molecule has 2 fully saturated rings. The average Bonchev–Trinajstić information content (AvgIpc) is 2.67. The van der Waals surface area contributed by atoms with Gasteiger partial charge in [-0.1, -0.05) is 0 Å². The number of ether oxygens (including phenoxy) is 1. The molecule has 2 amide bonds. The zero-order valence-electron chi connectivity index (χ0n) is 8.70. The summed E-state index contributed by atoms with van der Waals surface area (Å²) >= 11 is 0. The number of amides is 2. The van der Waals surface area contributed by atoms with E-state index in [4.69, 9.17) is 4.74 Å². The third-order valence-corrected chi connectivity index (χ3v) is 2.85. The molecule has 1 N–H and O–H groups in total. The van der Waals surface area contributed by atoms with Crippen LogP contribution in [0.3, 0.4) is 0 Å². The fourth-order valence-corrected chi connectivity index (χ4v) is 1.98. The molecule has 0 aromatic rings. The minimum absolute atomic E-state index is 0.0316. The third kappa shape index (κ3) is 2.47. The van der Waals surface area contributed by atoms with Gasteiger partial charge in [0.1, 0.15) is 0 Å². The number of nitrogens with zero attached hydrogens (tertiary/aromatic N) is 1. The van der Waals surface area contributed by atoms with Crippen molar-refractivity contribution >= 4 is 11.8 Å². The Labute approximate surface area is 88.8 Å². The van der Waals surface area contributed by atoms with E-state index < -0.39 is 0 Å². The largest absolute Gasteiger partial charge is 0.381 e. The van der Waals surface area contributed by atoms with Crippen LogP contribution in [-0.2, 0) is 14.3 Å². The summed E-state index contributed by atoms with van der Waals surface area (Å²) in [4.78, 5) is 24.9. The lowest BCUT2D eigenvalue weighted by atomic mass is 10.1. The van der Waals surface area contributed by atoms with Gasteiger partial charge in [0.25, 0.3) is 0 Å². The van der Waals surface area contributed by atoms with Gasteiger partial charge in [-0.25, -0.2) is 0 Å². The van der Waals surface area contributed by atoms with Gasteiger partial charge in [-0.05, 0) is 12.8 Å². The van der Waals surface area contributed by atoms with Crippen LogP contribution in [0.15, 0.2) is 0 Å². The van der Waals surface area contributed by atoms with Crippen LogP contribution in [0.25, 0.3) is 0 Å².